The smallest absolute Gasteiger partial charge is 0 e. The molecule has 0 saturated carbocycles. The minimum absolute atomic E-state index is 0. The van der Waals surface area contributed by atoms with Crippen molar-refractivity contribution in [2.45, 2.75) is 0 Å². The van der Waals surface area contributed by atoms with Crippen molar-refractivity contribution in [3.05, 3.63) is 0 Å². The van der Waals surface area contributed by atoms with E-state index < -0.39 is 0 Å². The molecule has 4 heteroatoms. The van der Waals surface area contributed by atoms with Crippen LogP contribution in [0.4, 0.5) is 0 Å². The maximum absolute atomic E-state index is 0. The van der Waals surface area contributed by atoms with Crippen LogP contribution in [-0.4, -0.2) is 29.6 Å². The van der Waals surface area contributed by atoms with Gasteiger partial charge in [-0.1, -0.05) is 0 Å². The Morgan fingerprint density at radius 2 is 0.750 bits per heavy atom. The van der Waals surface area contributed by atoms with Crippen molar-refractivity contribution in [1.29, 1.82) is 0 Å². The molecule has 0 aliphatic carbocycles. The summed E-state index contributed by atoms with van der Waals surface area (Å²) in [6.07, 6.45) is 0. The number of hydrogen-bond acceptors (Lipinski definition) is 0. The molecule has 0 radical (unpaired) electrons. The third-order valence-electron chi connectivity index (χ3n) is 0. The molecule has 0 aromatic carbocycles. The molecule has 0 rings (SSSR count). The van der Waals surface area contributed by atoms with Gasteiger partial charge in [0, 0.05) is 19.5 Å². The second kappa shape index (κ2) is 18.9. The summed E-state index contributed by atoms with van der Waals surface area (Å²) < 4.78 is 0. The first-order chi connectivity index (χ1) is 0. The van der Waals surface area contributed by atoms with E-state index in [9.17, 15) is 0 Å². The molecule has 0 spiro atoms. The molecule has 20 valence electrons. The van der Waals surface area contributed by atoms with Crippen molar-refractivity contribution >= 4 is 54.4 Å². The average molecular weight is 162 g/mol. The summed E-state index contributed by atoms with van der Waals surface area (Å²) in [6.45, 7) is 0. The van der Waals surface area contributed by atoms with E-state index in [0.29, 0.717) is 0 Å². The molecule has 0 saturated heterocycles. The fourth-order valence-corrected chi connectivity index (χ4v) is 0. The number of hydrogen-bond donors (Lipinski definition) is 0. The summed E-state index contributed by atoms with van der Waals surface area (Å²) in [5.41, 5.74) is 0. The van der Waals surface area contributed by atoms with Crippen LogP contribution >= 0.6 is 24.8 Å². The van der Waals surface area contributed by atoms with E-state index in [1.165, 1.54) is 0 Å². The second-order valence-electron chi connectivity index (χ2n) is 0. The van der Waals surface area contributed by atoms with Crippen LogP contribution in [0.3, 0.4) is 0 Å². The van der Waals surface area contributed by atoms with Gasteiger partial charge in [0.1, 0.15) is 0 Å². The van der Waals surface area contributed by atoms with E-state index in [4.69, 9.17) is 0 Å². The van der Waals surface area contributed by atoms with Crippen molar-refractivity contribution in [2.75, 3.05) is 0 Å². The Kier molecular flexibility index (Phi) is 164. The Balaban J connectivity index is 0. The Bertz CT molecular complexity index is 6.00. The van der Waals surface area contributed by atoms with Gasteiger partial charge in [-0.05, 0) is 0 Å². The van der Waals surface area contributed by atoms with Gasteiger partial charge in [-0.15, -0.1) is 24.8 Å². The molecule has 0 N–H and O–H groups in total. The van der Waals surface area contributed by atoms with E-state index in [2.05, 4.69) is 0 Å². The van der Waals surface area contributed by atoms with E-state index in [1.807, 2.05) is 0 Å². The standard InChI is InChI=1S/2ClH.Na.Zn.H/h2*1H;;;. The zero-order valence-electron chi connectivity index (χ0n) is 1.52. The molecule has 0 aliphatic heterocycles. The molecule has 0 aromatic rings. The Labute approximate surface area is 73.0 Å². The topological polar surface area (TPSA) is 0 Å². The predicted octanol–water partition coefficient (Wildman–Crippen LogP) is 0.193. The average Bonchev–Trinajstić information content (AvgIpc) is 0. The van der Waals surface area contributed by atoms with E-state index in [-0.39, 0.29) is 73.8 Å². The Hall–Kier alpha value is 2.20. The van der Waals surface area contributed by atoms with E-state index >= 15 is 0 Å². The molecular weight excluding hydrogens is 159 g/mol. The van der Waals surface area contributed by atoms with Crippen LogP contribution in [0.2, 0.25) is 0 Å². The summed E-state index contributed by atoms with van der Waals surface area (Å²) in [5.74, 6) is 0. The molecule has 0 aromatic heterocycles. The van der Waals surface area contributed by atoms with Gasteiger partial charge in [-0.2, -0.15) is 0 Å². The number of halogens is 2. The van der Waals surface area contributed by atoms with Gasteiger partial charge in [0.15, 0.2) is 0 Å². The molecule has 0 fully saturated rings. The molecule has 0 amide bonds. The first-order valence-electron chi connectivity index (χ1n) is 0. The molecule has 0 atom stereocenters. The summed E-state index contributed by atoms with van der Waals surface area (Å²) in [5, 5.41) is 0. The number of rotatable bonds is 0. The summed E-state index contributed by atoms with van der Waals surface area (Å²) in [6, 6.07) is 0. The van der Waals surface area contributed by atoms with Crippen LogP contribution in [0.5, 0.6) is 0 Å². The quantitative estimate of drug-likeness (QED) is 0.446. The fraction of sp³-hybridized carbons (Fsp3) is 0. The van der Waals surface area contributed by atoms with Gasteiger partial charge in [0.25, 0.3) is 0 Å². The summed E-state index contributed by atoms with van der Waals surface area (Å²) >= 11 is 0. The molecule has 0 nitrogen and oxygen atoms in total. The SMILES string of the molecule is Cl.Cl.[NaH].[Zn]. The normalized spacial score (nSPS) is 0. The van der Waals surface area contributed by atoms with Crippen LogP contribution in [0.15, 0.2) is 0 Å². The first kappa shape index (κ1) is 34.6. The molecule has 0 unspecified atom stereocenters. The third-order valence-corrected chi connectivity index (χ3v) is 0. The largest absolute Gasteiger partial charge is 0 e. The van der Waals surface area contributed by atoms with Crippen LogP contribution < -0.4 is 0 Å². The van der Waals surface area contributed by atoms with Crippen molar-refractivity contribution in [3.63, 3.8) is 0 Å². The predicted molar refractivity (Wildman–Crippen MR) is 21.6 cm³/mol. The zero-order valence-corrected chi connectivity index (χ0v) is 6.12. The summed E-state index contributed by atoms with van der Waals surface area (Å²) in [7, 11) is 0. The van der Waals surface area contributed by atoms with Gasteiger partial charge < -0.3 is 0 Å². The first-order valence-corrected chi connectivity index (χ1v) is 0. The van der Waals surface area contributed by atoms with E-state index in [0.717, 1.165) is 0 Å². The minimum Gasteiger partial charge on any atom is 0 e. The molecule has 0 bridgehead atoms. The van der Waals surface area contributed by atoms with Crippen molar-refractivity contribution in [3.8, 4) is 0 Å². The van der Waals surface area contributed by atoms with Crippen molar-refractivity contribution in [1.82, 2.24) is 0 Å². The molecule has 4 heavy (non-hydrogen) atoms. The van der Waals surface area contributed by atoms with Gasteiger partial charge >= 0.3 is 29.6 Å². The van der Waals surface area contributed by atoms with Crippen LogP contribution in [0.1, 0.15) is 0 Å². The maximum atomic E-state index is 0. The second-order valence-corrected chi connectivity index (χ2v) is 0. The maximum Gasteiger partial charge on any atom is 0 e. The van der Waals surface area contributed by atoms with Crippen LogP contribution in [0.25, 0.3) is 0 Å². The monoisotopic (exact) mass is 160 g/mol. The van der Waals surface area contributed by atoms with Gasteiger partial charge in [0.05, 0.1) is 0 Å². The summed E-state index contributed by atoms with van der Waals surface area (Å²) in [4.78, 5) is 0. The van der Waals surface area contributed by atoms with E-state index in [1.54, 1.807) is 0 Å². The van der Waals surface area contributed by atoms with Crippen molar-refractivity contribution < 1.29 is 19.5 Å². The zero-order chi connectivity index (χ0) is 0. The fourth-order valence-electron chi connectivity index (χ4n) is 0. The van der Waals surface area contributed by atoms with Gasteiger partial charge in [-0.3, -0.25) is 0 Å². The third kappa shape index (κ3) is 8.88. The molecule has 0 heterocycles. The van der Waals surface area contributed by atoms with Crippen LogP contribution in [0, 0.1) is 0 Å². The minimum atomic E-state index is 0. The molecule has 0 aliphatic rings. The van der Waals surface area contributed by atoms with Gasteiger partial charge in [-0.25, -0.2) is 0 Å². The van der Waals surface area contributed by atoms with Crippen LogP contribution in [-0.2, 0) is 19.5 Å². The Morgan fingerprint density at radius 1 is 0.750 bits per heavy atom. The van der Waals surface area contributed by atoms with Crippen molar-refractivity contribution in [2.24, 2.45) is 0 Å². The molecular formula is H3Cl2NaZn. The Morgan fingerprint density at radius 3 is 0.750 bits per heavy atom. The van der Waals surface area contributed by atoms with Gasteiger partial charge in [0.2, 0.25) is 0 Å².